The van der Waals surface area contributed by atoms with Crippen LogP contribution in [0.2, 0.25) is 0 Å². The van der Waals surface area contributed by atoms with Gasteiger partial charge in [0.05, 0.1) is 43.3 Å². The standard InChI is InChI=1S/C23H27F5N8O3/c1-12-33-34-20(39-12)32-19(13-3-5-22(24,25)6-4-13)15-9-36-18(30-15)7-14(8-29-36)16(11-38-2)35-10-17(23(26,27)28)31-21(35)37/h7-9,13,16-17,19H,3-6,10-11H2,1-2H3,(H,31,37)(H,32,34)/t16-,17+,19+/m1/s1. The summed E-state index contributed by atoms with van der Waals surface area (Å²) in [6.07, 6.45) is -1.56. The van der Waals surface area contributed by atoms with Crippen molar-refractivity contribution in [3.05, 3.63) is 35.6 Å². The predicted molar refractivity (Wildman–Crippen MR) is 125 cm³/mol. The summed E-state index contributed by atoms with van der Waals surface area (Å²) in [6, 6.07) is -2.52. The van der Waals surface area contributed by atoms with E-state index in [0.717, 1.165) is 4.90 Å². The third kappa shape index (κ3) is 5.74. The van der Waals surface area contributed by atoms with E-state index in [1.807, 2.05) is 5.32 Å². The molecule has 2 aliphatic rings. The van der Waals surface area contributed by atoms with Gasteiger partial charge in [0.1, 0.15) is 6.04 Å². The van der Waals surface area contributed by atoms with Crippen LogP contribution in [0, 0.1) is 12.8 Å². The number of amides is 2. The van der Waals surface area contributed by atoms with Crippen molar-refractivity contribution in [3.63, 3.8) is 0 Å². The van der Waals surface area contributed by atoms with E-state index < -0.39 is 42.8 Å². The van der Waals surface area contributed by atoms with E-state index in [4.69, 9.17) is 9.15 Å². The maximum Gasteiger partial charge on any atom is 0.410 e. The summed E-state index contributed by atoms with van der Waals surface area (Å²) in [5, 5.41) is 17.2. The van der Waals surface area contributed by atoms with Gasteiger partial charge in [0.25, 0.3) is 0 Å². The van der Waals surface area contributed by atoms with Crippen LogP contribution in [-0.2, 0) is 4.74 Å². The fourth-order valence-electron chi connectivity index (χ4n) is 5.09. The molecule has 1 saturated carbocycles. The van der Waals surface area contributed by atoms with Crippen molar-refractivity contribution in [1.82, 2.24) is 35.0 Å². The lowest BCUT2D eigenvalue weighted by Crippen LogP contribution is -2.40. The monoisotopic (exact) mass is 558 g/mol. The van der Waals surface area contributed by atoms with Gasteiger partial charge in [-0.3, -0.25) is 0 Å². The Bertz CT molecular complexity index is 1320. The number of methoxy groups -OCH3 is 1. The van der Waals surface area contributed by atoms with Crippen molar-refractivity contribution < 1.29 is 35.9 Å². The number of nitrogens with zero attached hydrogens (tertiary/aromatic N) is 6. The van der Waals surface area contributed by atoms with Gasteiger partial charge in [0, 0.05) is 32.4 Å². The first kappa shape index (κ1) is 27.0. The maximum atomic E-state index is 13.9. The first-order valence-corrected chi connectivity index (χ1v) is 12.4. The number of ether oxygens (including phenoxy) is 1. The van der Waals surface area contributed by atoms with Gasteiger partial charge in [-0.2, -0.15) is 18.3 Å². The molecule has 3 aromatic heterocycles. The Morgan fingerprint density at radius 2 is 2.03 bits per heavy atom. The van der Waals surface area contributed by atoms with Gasteiger partial charge in [-0.1, -0.05) is 5.10 Å². The number of fused-ring (bicyclic) bond motifs is 1. The minimum Gasteiger partial charge on any atom is -0.408 e. The van der Waals surface area contributed by atoms with Gasteiger partial charge in [0.15, 0.2) is 5.65 Å². The highest BCUT2D eigenvalue weighted by Gasteiger charge is 2.48. The number of urea groups is 1. The zero-order chi connectivity index (χ0) is 27.9. The highest BCUT2D eigenvalue weighted by Crippen LogP contribution is 2.42. The van der Waals surface area contributed by atoms with E-state index in [1.54, 1.807) is 19.2 Å². The fraction of sp³-hybridized carbons (Fsp3) is 0.609. The maximum absolute atomic E-state index is 13.9. The van der Waals surface area contributed by atoms with Gasteiger partial charge in [-0.15, -0.1) is 5.10 Å². The molecule has 0 bridgehead atoms. The van der Waals surface area contributed by atoms with E-state index in [0.29, 0.717) is 22.8 Å². The molecule has 39 heavy (non-hydrogen) atoms. The summed E-state index contributed by atoms with van der Waals surface area (Å²) in [4.78, 5) is 18.1. The van der Waals surface area contributed by atoms with Gasteiger partial charge in [0.2, 0.25) is 11.8 Å². The summed E-state index contributed by atoms with van der Waals surface area (Å²) >= 11 is 0. The molecular formula is C23H27F5N8O3. The van der Waals surface area contributed by atoms with Crippen LogP contribution < -0.4 is 10.6 Å². The summed E-state index contributed by atoms with van der Waals surface area (Å²) < 4.78 is 79.6. The molecule has 1 saturated heterocycles. The van der Waals surface area contributed by atoms with E-state index in [1.165, 1.54) is 17.8 Å². The average molecular weight is 559 g/mol. The van der Waals surface area contributed by atoms with Crippen molar-refractivity contribution in [2.45, 2.75) is 62.8 Å². The number of hydrogen-bond acceptors (Lipinski definition) is 8. The van der Waals surface area contributed by atoms with E-state index in [2.05, 4.69) is 25.6 Å². The van der Waals surface area contributed by atoms with Crippen LogP contribution in [0.15, 0.2) is 22.9 Å². The highest BCUT2D eigenvalue weighted by molar-refractivity contribution is 5.77. The molecule has 11 nitrogen and oxygen atoms in total. The number of carbonyl (C=O) groups is 1. The Kier molecular flexibility index (Phi) is 7.07. The van der Waals surface area contributed by atoms with Crippen molar-refractivity contribution in [3.8, 4) is 0 Å². The molecule has 5 rings (SSSR count). The minimum absolute atomic E-state index is 0.0691. The SMILES string of the molecule is COC[C@H](c1cnn2cc([C@@H](Nc3nnc(C)o3)C3CCC(F)(F)CC3)nc2c1)N1C[C@@H](C(F)(F)F)NC1=O. The second-order valence-electron chi connectivity index (χ2n) is 9.87. The molecule has 0 radical (unpaired) electrons. The van der Waals surface area contributed by atoms with E-state index in [-0.39, 0.29) is 44.2 Å². The molecule has 212 valence electrons. The largest absolute Gasteiger partial charge is 0.410 e. The molecule has 2 N–H and O–H groups in total. The van der Waals surface area contributed by atoms with Gasteiger partial charge in [-0.05, 0) is 24.8 Å². The lowest BCUT2D eigenvalue weighted by atomic mass is 9.81. The van der Waals surface area contributed by atoms with Crippen LogP contribution >= 0.6 is 0 Å². The second kappa shape index (κ2) is 10.2. The molecule has 2 fully saturated rings. The lowest BCUT2D eigenvalue weighted by molar-refractivity contribution is -0.150. The smallest absolute Gasteiger partial charge is 0.408 e. The number of aryl methyl sites for hydroxylation is 1. The van der Waals surface area contributed by atoms with Crippen LogP contribution in [0.3, 0.4) is 0 Å². The second-order valence-corrected chi connectivity index (χ2v) is 9.87. The van der Waals surface area contributed by atoms with Crippen molar-refractivity contribution in [1.29, 1.82) is 0 Å². The third-order valence-corrected chi connectivity index (χ3v) is 7.14. The average Bonchev–Trinajstić information content (AvgIpc) is 3.58. The number of halogens is 5. The zero-order valence-corrected chi connectivity index (χ0v) is 21.1. The van der Waals surface area contributed by atoms with Crippen molar-refractivity contribution in [2.24, 2.45) is 5.92 Å². The number of carbonyl (C=O) groups excluding carboxylic acids is 1. The number of alkyl halides is 5. The van der Waals surface area contributed by atoms with Crippen LogP contribution in [0.1, 0.15) is 54.9 Å². The van der Waals surface area contributed by atoms with Crippen molar-refractivity contribution in [2.75, 3.05) is 25.6 Å². The Balaban J connectivity index is 1.44. The van der Waals surface area contributed by atoms with Crippen LogP contribution in [0.4, 0.5) is 32.8 Å². The Hall–Kier alpha value is -3.56. The number of anilines is 1. The fourth-order valence-corrected chi connectivity index (χ4v) is 5.09. The molecule has 0 unspecified atom stereocenters. The molecule has 1 aliphatic heterocycles. The quantitative estimate of drug-likeness (QED) is 0.397. The summed E-state index contributed by atoms with van der Waals surface area (Å²) in [7, 11) is 1.38. The molecule has 3 aromatic rings. The minimum atomic E-state index is -4.59. The van der Waals surface area contributed by atoms with Crippen LogP contribution in [0.25, 0.3) is 5.65 Å². The van der Waals surface area contributed by atoms with E-state index >= 15 is 0 Å². The lowest BCUT2D eigenvalue weighted by Gasteiger charge is -2.33. The molecule has 2 amide bonds. The van der Waals surface area contributed by atoms with Gasteiger partial charge >= 0.3 is 18.2 Å². The summed E-state index contributed by atoms with van der Waals surface area (Å²) in [5.41, 5.74) is 1.27. The molecule has 0 spiro atoms. The number of hydrogen-bond donors (Lipinski definition) is 2. The summed E-state index contributed by atoms with van der Waals surface area (Å²) in [6.45, 7) is 0.974. The first-order valence-electron chi connectivity index (χ1n) is 12.4. The molecule has 16 heteroatoms. The number of nitrogens with one attached hydrogen (secondary N) is 2. The molecule has 1 aliphatic carbocycles. The van der Waals surface area contributed by atoms with Crippen LogP contribution in [-0.4, -0.2) is 74.1 Å². The highest BCUT2D eigenvalue weighted by atomic mass is 19.4. The number of aromatic nitrogens is 5. The van der Waals surface area contributed by atoms with Gasteiger partial charge < -0.3 is 24.7 Å². The Morgan fingerprint density at radius 3 is 2.64 bits per heavy atom. The van der Waals surface area contributed by atoms with Crippen molar-refractivity contribution >= 4 is 17.7 Å². The predicted octanol–water partition coefficient (Wildman–Crippen LogP) is 4.04. The van der Waals surface area contributed by atoms with Gasteiger partial charge in [-0.25, -0.2) is 23.1 Å². The Morgan fingerprint density at radius 1 is 1.28 bits per heavy atom. The molecule has 3 atom stereocenters. The molecule has 4 heterocycles. The van der Waals surface area contributed by atoms with E-state index in [9.17, 15) is 26.7 Å². The normalized spacial score (nSPS) is 21.8. The first-order chi connectivity index (χ1) is 18.4. The Labute approximate surface area is 219 Å². The summed E-state index contributed by atoms with van der Waals surface area (Å²) in [5.74, 6) is -2.61. The third-order valence-electron chi connectivity index (χ3n) is 7.14. The van der Waals surface area contributed by atoms with Crippen LogP contribution in [0.5, 0.6) is 0 Å². The zero-order valence-electron chi connectivity index (χ0n) is 21.1. The topological polar surface area (TPSA) is 123 Å². The number of rotatable bonds is 8. The molecular weight excluding hydrogens is 531 g/mol. The molecule has 0 aromatic carbocycles. The number of imidazole rings is 1.